The highest BCUT2D eigenvalue weighted by Crippen LogP contribution is 2.67. The number of para-hydroxylation sites is 1. The van der Waals surface area contributed by atoms with E-state index in [9.17, 15) is 19.8 Å². The smallest absolute Gasteiger partial charge is 0.178 e. The molecule has 1 heterocycles. The van der Waals surface area contributed by atoms with Gasteiger partial charge in [0.15, 0.2) is 11.6 Å². The fraction of sp³-hybridized carbons (Fsp3) is 0.533. The first-order valence-corrected chi connectivity index (χ1v) is 14.3. The van der Waals surface area contributed by atoms with Crippen LogP contribution in [0.4, 0.5) is 0 Å². The predicted octanol–water partition coefficient (Wildman–Crippen LogP) is 4.55. The molecule has 3 fully saturated rings. The lowest BCUT2D eigenvalue weighted by molar-refractivity contribution is -0.176. The van der Waals surface area contributed by atoms with Gasteiger partial charge in [0.1, 0.15) is 17.0 Å². The Morgan fingerprint density at radius 1 is 1.22 bits per heavy atom. The van der Waals surface area contributed by atoms with Crippen LogP contribution in [0.2, 0.25) is 0 Å². The number of aliphatic hydroxyl groups is 2. The molecular weight excluding hydrogens is 484 g/mol. The monoisotopic (exact) mass is 518 g/mol. The number of nitrogens with zero attached hydrogens (tertiary/aromatic N) is 2. The molecule has 6 nitrogen and oxygen atoms in total. The minimum atomic E-state index is -1.49. The van der Waals surface area contributed by atoms with Gasteiger partial charge < -0.3 is 10.2 Å². The third-order valence-corrected chi connectivity index (χ3v) is 11.3. The van der Waals surface area contributed by atoms with Gasteiger partial charge in [0.2, 0.25) is 0 Å². The Hall–Kier alpha value is -2.35. The average molecular weight is 519 g/mol. The standard InChI is InChI=1S/C30H34N2O4S/c1-17-12-20-21-9-11-30(36,25(35)15-37-27-19-6-4-5-7-23(19)31-16-32-27)29(21,3)14-24(34)26(20)28(2)10-8-18(33)13-22(17)28/h4-8,10,13,16-17,20-21,24,26,34,36H,9,11-12,14-15H2,1-3H3/t17-,20?,21?,24-,26?,28?,29?,30-/m0/s1. The van der Waals surface area contributed by atoms with Crippen molar-refractivity contribution >= 4 is 34.2 Å². The quantitative estimate of drug-likeness (QED) is 0.452. The number of ketones is 2. The summed E-state index contributed by atoms with van der Waals surface area (Å²) >= 11 is 1.35. The third kappa shape index (κ3) is 3.53. The Morgan fingerprint density at radius 2 is 2.00 bits per heavy atom. The van der Waals surface area contributed by atoms with Crippen LogP contribution in [-0.4, -0.2) is 49.2 Å². The van der Waals surface area contributed by atoms with E-state index in [0.717, 1.165) is 34.3 Å². The van der Waals surface area contributed by atoms with E-state index >= 15 is 0 Å². The highest BCUT2D eigenvalue weighted by molar-refractivity contribution is 8.00. The van der Waals surface area contributed by atoms with Crippen LogP contribution in [-0.2, 0) is 9.59 Å². The molecule has 7 heteroatoms. The number of rotatable bonds is 4. The predicted molar refractivity (Wildman–Crippen MR) is 143 cm³/mol. The van der Waals surface area contributed by atoms with Crippen molar-refractivity contribution in [2.45, 2.75) is 63.2 Å². The third-order valence-electron chi connectivity index (χ3n) is 10.3. The number of aliphatic hydroxyl groups excluding tert-OH is 1. The number of Topliss-reactive ketones (excluding diaryl/α,β-unsaturated/α-hetero) is 1. The second kappa shape index (κ2) is 8.58. The molecule has 6 rings (SSSR count). The van der Waals surface area contributed by atoms with E-state index in [1.807, 2.05) is 37.3 Å². The minimum absolute atomic E-state index is 0.0164. The van der Waals surface area contributed by atoms with Crippen molar-refractivity contribution in [3.05, 3.63) is 54.4 Å². The summed E-state index contributed by atoms with van der Waals surface area (Å²) in [5.41, 5.74) is -0.636. The van der Waals surface area contributed by atoms with Crippen LogP contribution in [0.5, 0.6) is 0 Å². The van der Waals surface area contributed by atoms with Gasteiger partial charge >= 0.3 is 0 Å². The molecule has 2 N–H and O–H groups in total. The van der Waals surface area contributed by atoms with Gasteiger partial charge in [0.05, 0.1) is 17.4 Å². The lowest BCUT2D eigenvalue weighted by Gasteiger charge is -2.60. The van der Waals surface area contributed by atoms with Gasteiger partial charge in [-0.25, -0.2) is 9.97 Å². The van der Waals surface area contributed by atoms with Crippen LogP contribution in [0, 0.1) is 34.5 Å². The maximum absolute atomic E-state index is 13.7. The van der Waals surface area contributed by atoms with Gasteiger partial charge in [-0.3, -0.25) is 9.59 Å². The van der Waals surface area contributed by atoms with E-state index in [1.165, 1.54) is 18.1 Å². The van der Waals surface area contributed by atoms with Gasteiger partial charge in [0, 0.05) is 22.1 Å². The van der Waals surface area contributed by atoms with Crippen LogP contribution in [0.15, 0.2) is 59.4 Å². The summed E-state index contributed by atoms with van der Waals surface area (Å²) in [5, 5.41) is 25.3. The molecule has 0 spiro atoms. The van der Waals surface area contributed by atoms with Crippen molar-refractivity contribution in [3.63, 3.8) is 0 Å². The summed E-state index contributed by atoms with van der Waals surface area (Å²) in [7, 11) is 0. The van der Waals surface area contributed by atoms with E-state index < -0.39 is 17.1 Å². The summed E-state index contributed by atoms with van der Waals surface area (Å²) in [6.07, 6.45) is 8.66. The maximum atomic E-state index is 13.7. The first-order chi connectivity index (χ1) is 17.6. The first kappa shape index (κ1) is 25.0. The Kier molecular flexibility index (Phi) is 5.79. The molecular formula is C30H34N2O4S. The van der Waals surface area contributed by atoms with Gasteiger partial charge in [-0.2, -0.15) is 0 Å². The maximum Gasteiger partial charge on any atom is 0.178 e. The van der Waals surface area contributed by atoms with Crippen molar-refractivity contribution < 1.29 is 19.8 Å². The Bertz CT molecular complexity index is 1350. The molecule has 0 bridgehead atoms. The zero-order chi connectivity index (χ0) is 26.2. The molecule has 4 aliphatic carbocycles. The Labute approximate surface area is 221 Å². The fourth-order valence-electron chi connectivity index (χ4n) is 8.56. The van der Waals surface area contributed by atoms with Crippen LogP contribution in [0.3, 0.4) is 0 Å². The lowest BCUT2D eigenvalue weighted by atomic mass is 9.45. The average Bonchev–Trinajstić information content (AvgIpc) is 3.14. The molecule has 37 heavy (non-hydrogen) atoms. The highest BCUT2D eigenvalue weighted by atomic mass is 32.2. The number of aromatic nitrogens is 2. The number of carbonyl (C=O) groups excluding carboxylic acids is 2. The number of carbonyl (C=O) groups is 2. The highest BCUT2D eigenvalue weighted by Gasteiger charge is 2.68. The van der Waals surface area contributed by atoms with Crippen LogP contribution in [0.1, 0.15) is 46.5 Å². The van der Waals surface area contributed by atoms with Crippen LogP contribution in [0.25, 0.3) is 10.9 Å². The van der Waals surface area contributed by atoms with E-state index in [-0.39, 0.29) is 46.4 Å². The summed E-state index contributed by atoms with van der Waals surface area (Å²) in [6, 6.07) is 7.72. The molecule has 5 unspecified atom stereocenters. The number of hydrogen-bond donors (Lipinski definition) is 2. The van der Waals surface area contributed by atoms with Crippen molar-refractivity contribution in [1.82, 2.24) is 9.97 Å². The molecule has 0 saturated heterocycles. The zero-order valence-electron chi connectivity index (χ0n) is 21.6. The summed E-state index contributed by atoms with van der Waals surface area (Å²) in [5.74, 6) is 0.431. The molecule has 2 aromatic rings. The molecule has 1 aromatic heterocycles. The van der Waals surface area contributed by atoms with Crippen molar-refractivity contribution in [3.8, 4) is 0 Å². The molecule has 0 amide bonds. The summed E-state index contributed by atoms with van der Waals surface area (Å²) < 4.78 is 0. The minimum Gasteiger partial charge on any atom is -0.393 e. The summed E-state index contributed by atoms with van der Waals surface area (Å²) in [4.78, 5) is 34.6. The van der Waals surface area contributed by atoms with Crippen LogP contribution >= 0.6 is 11.8 Å². The molecule has 4 aliphatic rings. The molecule has 3 saturated carbocycles. The number of fused-ring (bicyclic) bond motifs is 6. The number of hydrogen-bond acceptors (Lipinski definition) is 7. The largest absolute Gasteiger partial charge is 0.393 e. The van der Waals surface area contributed by atoms with E-state index in [1.54, 1.807) is 12.2 Å². The zero-order valence-corrected chi connectivity index (χ0v) is 22.4. The van der Waals surface area contributed by atoms with Gasteiger partial charge in [0.25, 0.3) is 0 Å². The topological polar surface area (TPSA) is 100 Å². The van der Waals surface area contributed by atoms with Gasteiger partial charge in [-0.05, 0) is 61.7 Å². The SMILES string of the molecule is C[C@H]1CC2C([C@@H](O)CC3(C)C2CC[C@]3(O)C(=O)CSc2ncnc3ccccc23)C2(C)C=CC(=O)C=C12. The Morgan fingerprint density at radius 3 is 2.81 bits per heavy atom. The number of benzene rings is 1. The molecule has 0 aliphatic heterocycles. The molecule has 0 radical (unpaired) electrons. The van der Waals surface area contributed by atoms with Crippen molar-refractivity contribution in [2.75, 3.05) is 5.75 Å². The number of thioether (sulfide) groups is 1. The normalized spacial score (nSPS) is 40.6. The van der Waals surface area contributed by atoms with Crippen molar-refractivity contribution in [1.29, 1.82) is 0 Å². The van der Waals surface area contributed by atoms with E-state index in [2.05, 4.69) is 23.8 Å². The fourth-order valence-corrected chi connectivity index (χ4v) is 9.52. The lowest BCUT2D eigenvalue weighted by Crippen LogP contribution is -2.62. The van der Waals surface area contributed by atoms with Crippen molar-refractivity contribution in [2.24, 2.45) is 34.5 Å². The molecule has 194 valence electrons. The van der Waals surface area contributed by atoms with E-state index in [0.29, 0.717) is 12.8 Å². The molecule has 1 aromatic carbocycles. The molecule has 8 atom stereocenters. The second-order valence-electron chi connectivity index (χ2n) is 12.0. The van der Waals surface area contributed by atoms with Crippen LogP contribution < -0.4 is 0 Å². The van der Waals surface area contributed by atoms with E-state index in [4.69, 9.17) is 0 Å². The Balaban J connectivity index is 1.28. The second-order valence-corrected chi connectivity index (χ2v) is 13.0. The summed E-state index contributed by atoms with van der Waals surface area (Å²) in [6.45, 7) is 6.33. The van der Waals surface area contributed by atoms with Gasteiger partial charge in [-0.1, -0.05) is 62.4 Å². The first-order valence-electron chi connectivity index (χ1n) is 13.3. The van der Waals surface area contributed by atoms with Gasteiger partial charge in [-0.15, -0.1) is 0 Å². The number of allylic oxidation sites excluding steroid dienone is 4.